The molecule has 0 fully saturated rings. The summed E-state index contributed by atoms with van der Waals surface area (Å²) in [5, 5.41) is 24.4. The first-order valence-electron chi connectivity index (χ1n) is 9.51. The maximum absolute atomic E-state index is 12.2. The summed E-state index contributed by atoms with van der Waals surface area (Å²) in [6.07, 6.45) is 0. The van der Waals surface area contributed by atoms with Gasteiger partial charge in [0.05, 0.1) is 14.2 Å². The van der Waals surface area contributed by atoms with E-state index in [1.54, 1.807) is 17.7 Å². The van der Waals surface area contributed by atoms with Crippen LogP contribution in [0.2, 0.25) is 0 Å². The first-order chi connectivity index (χ1) is 15.2. The highest BCUT2D eigenvalue weighted by Gasteiger charge is 2.20. The molecule has 13 heteroatoms. The summed E-state index contributed by atoms with van der Waals surface area (Å²) in [4.78, 5) is 38.9. The summed E-state index contributed by atoms with van der Waals surface area (Å²) in [7, 11) is 0. The molecule has 32 heavy (non-hydrogen) atoms. The van der Waals surface area contributed by atoms with Crippen molar-refractivity contribution >= 4 is 40.1 Å². The van der Waals surface area contributed by atoms with Gasteiger partial charge in [-0.3, -0.25) is 24.4 Å². The van der Waals surface area contributed by atoms with Crippen molar-refractivity contribution in [1.29, 1.82) is 0 Å². The number of nitro benzene ring substituents is 1. The van der Waals surface area contributed by atoms with Gasteiger partial charge in [0.1, 0.15) is 6.54 Å². The molecular weight excluding hydrogens is 533 g/mol. The van der Waals surface area contributed by atoms with Gasteiger partial charge in [0.2, 0.25) is 11.7 Å². The van der Waals surface area contributed by atoms with Crippen molar-refractivity contribution in [2.75, 3.05) is 13.1 Å². The predicted molar refractivity (Wildman–Crippen MR) is 121 cm³/mol. The fourth-order valence-corrected chi connectivity index (χ4v) is 3.35. The molecule has 0 saturated carbocycles. The topological polar surface area (TPSA) is 158 Å². The molecular formula is C19H20IN7O5. The van der Waals surface area contributed by atoms with Crippen molar-refractivity contribution in [2.45, 2.75) is 27.3 Å². The normalized spacial score (nSPS) is 10.8. The van der Waals surface area contributed by atoms with Crippen molar-refractivity contribution in [3.63, 3.8) is 0 Å². The Bertz CT molecular complexity index is 1190. The molecule has 12 nitrogen and oxygen atoms in total. The number of halogens is 1. The minimum absolute atomic E-state index is 0.0733. The van der Waals surface area contributed by atoms with E-state index < -0.39 is 10.8 Å². The van der Waals surface area contributed by atoms with Crippen molar-refractivity contribution in [1.82, 2.24) is 30.6 Å². The summed E-state index contributed by atoms with van der Waals surface area (Å²) in [6, 6.07) is 4.48. The number of aryl methyl sites for hydroxylation is 1. The van der Waals surface area contributed by atoms with Crippen LogP contribution in [-0.4, -0.2) is 49.7 Å². The molecule has 168 valence electrons. The van der Waals surface area contributed by atoms with Crippen LogP contribution >= 0.6 is 22.6 Å². The highest BCUT2D eigenvalue weighted by atomic mass is 127. The van der Waals surface area contributed by atoms with Gasteiger partial charge in [0.15, 0.2) is 0 Å². The zero-order chi connectivity index (χ0) is 23.4. The van der Waals surface area contributed by atoms with Gasteiger partial charge in [0.25, 0.3) is 5.69 Å². The fourth-order valence-electron chi connectivity index (χ4n) is 2.96. The first kappa shape index (κ1) is 23.3. The molecule has 0 radical (unpaired) electrons. The number of hydrogen-bond acceptors (Lipinski definition) is 8. The number of carbonyl (C=O) groups excluding carboxylic acids is 2. The average molecular weight is 553 g/mol. The van der Waals surface area contributed by atoms with Crippen LogP contribution in [0.3, 0.4) is 0 Å². The fraction of sp³-hybridized carbons (Fsp3) is 0.316. The molecule has 0 saturated heterocycles. The van der Waals surface area contributed by atoms with Gasteiger partial charge in [-0.05, 0) is 43.4 Å². The Morgan fingerprint density at radius 2 is 1.94 bits per heavy atom. The lowest BCUT2D eigenvalue weighted by Gasteiger charge is -2.07. The van der Waals surface area contributed by atoms with Gasteiger partial charge in [0, 0.05) is 36.0 Å². The molecule has 0 atom stereocenters. The van der Waals surface area contributed by atoms with Crippen LogP contribution in [0.15, 0.2) is 22.7 Å². The van der Waals surface area contributed by atoms with Gasteiger partial charge < -0.3 is 15.2 Å². The third-order valence-electron chi connectivity index (χ3n) is 4.68. The molecule has 1 aromatic carbocycles. The highest BCUT2D eigenvalue weighted by molar-refractivity contribution is 14.1. The molecule has 0 bridgehead atoms. The smallest absolute Gasteiger partial charge is 0.316 e. The molecule has 2 N–H and O–H groups in total. The Kier molecular flexibility index (Phi) is 7.17. The maximum Gasteiger partial charge on any atom is 0.316 e. The Hall–Kier alpha value is -3.36. The van der Waals surface area contributed by atoms with Crippen molar-refractivity contribution in [3.8, 4) is 11.4 Å². The van der Waals surface area contributed by atoms with E-state index in [1.165, 1.54) is 12.1 Å². The number of carbonyl (C=O) groups is 2. The number of benzene rings is 1. The molecule has 2 amide bonds. The molecule has 0 aliphatic rings. The Balaban J connectivity index is 1.52. The third-order valence-corrected chi connectivity index (χ3v) is 6.24. The van der Waals surface area contributed by atoms with Crippen LogP contribution in [0, 0.1) is 34.5 Å². The monoisotopic (exact) mass is 553 g/mol. The van der Waals surface area contributed by atoms with E-state index in [0.717, 1.165) is 15.0 Å². The molecule has 0 unspecified atom stereocenters. The molecule has 3 aromatic rings. The van der Waals surface area contributed by atoms with Gasteiger partial charge in [-0.15, -0.1) is 0 Å². The van der Waals surface area contributed by atoms with Crippen molar-refractivity contribution in [3.05, 3.63) is 54.7 Å². The van der Waals surface area contributed by atoms with E-state index in [4.69, 9.17) is 4.52 Å². The minimum atomic E-state index is -0.616. The summed E-state index contributed by atoms with van der Waals surface area (Å²) in [5.74, 6) is -1.06. The number of amides is 2. The zero-order valence-corrected chi connectivity index (χ0v) is 19.7. The number of aromatic nitrogens is 4. The van der Waals surface area contributed by atoms with Crippen LogP contribution in [0.1, 0.15) is 27.6 Å². The van der Waals surface area contributed by atoms with Crippen LogP contribution in [-0.2, 0) is 11.3 Å². The lowest BCUT2D eigenvalue weighted by atomic mass is 10.1. The predicted octanol–water partition coefficient (Wildman–Crippen LogP) is 1.92. The van der Waals surface area contributed by atoms with E-state index in [9.17, 15) is 19.7 Å². The Morgan fingerprint density at radius 1 is 1.22 bits per heavy atom. The SMILES string of the molecule is Cc1nn(CC(=O)NCCNC(=O)c2nc(-c3cccc([N+](=O)[O-])c3C)no2)c(C)c1I. The number of nitrogens with zero attached hydrogens (tertiary/aromatic N) is 5. The van der Waals surface area contributed by atoms with Gasteiger partial charge in [-0.2, -0.15) is 10.1 Å². The third kappa shape index (κ3) is 5.09. The largest absolute Gasteiger partial charge is 0.353 e. The van der Waals surface area contributed by atoms with Crippen LogP contribution in [0.5, 0.6) is 0 Å². The molecule has 2 aromatic heterocycles. The lowest BCUT2D eigenvalue weighted by Crippen LogP contribution is -2.36. The number of hydrogen-bond donors (Lipinski definition) is 2. The molecule has 3 rings (SSSR count). The quantitative estimate of drug-likeness (QED) is 0.185. The Morgan fingerprint density at radius 3 is 2.59 bits per heavy atom. The number of nitro groups is 1. The number of nitrogens with one attached hydrogen (secondary N) is 2. The molecule has 0 aliphatic carbocycles. The summed E-state index contributed by atoms with van der Waals surface area (Å²) >= 11 is 2.18. The number of rotatable bonds is 8. The molecule has 2 heterocycles. The van der Waals surface area contributed by atoms with E-state index in [-0.39, 0.29) is 42.9 Å². The van der Waals surface area contributed by atoms with Crippen LogP contribution in [0.25, 0.3) is 11.4 Å². The summed E-state index contributed by atoms with van der Waals surface area (Å²) < 4.78 is 7.62. The van der Waals surface area contributed by atoms with Gasteiger partial charge >= 0.3 is 11.8 Å². The van der Waals surface area contributed by atoms with E-state index >= 15 is 0 Å². The van der Waals surface area contributed by atoms with Crippen molar-refractivity contribution < 1.29 is 19.0 Å². The maximum atomic E-state index is 12.2. The van der Waals surface area contributed by atoms with Gasteiger partial charge in [-0.1, -0.05) is 17.3 Å². The molecule has 0 spiro atoms. The Labute approximate surface area is 196 Å². The second-order valence-corrected chi connectivity index (χ2v) is 7.96. The molecule has 0 aliphatic heterocycles. The second kappa shape index (κ2) is 9.84. The zero-order valence-electron chi connectivity index (χ0n) is 17.5. The van der Waals surface area contributed by atoms with E-state index in [0.29, 0.717) is 11.1 Å². The van der Waals surface area contributed by atoms with Gasteiger partial charge in [-0.25, -0.2) is 0 Å². The standard InChI is InChI=1S/C19H20IN7O5/c1-10-13(5-4-6-14(10)27(30)31)17-23-19(32-25-17)18(29)22-8-7-21-15(28)9-26-12(3)16(20)11(2)24-26/h4-6H,7-9H2,1-3H3,(H,21,28)(H,22,29). The minimum Gasteiger partial charge on any atom is -0.353 e. The average Bonchev–Trinajstić information content (AvgIpc) is 3.33. The second-order valence-electron chi connectivity index (χ2n) is 6.88. The first-order valence-corrected chi connectivity index (χ1v) is 10.6. The van der Waals surface area contributed by atoms with Crippen LogP contribution < -0.4 is 10.6 Å². The summed E-state index contributed by atoms with van der Waals surface area (Å²) in [6.45, 7) is 5.77. The van der Waals surface area contributed by atoms with E-state index in [1.807, 2.05) is 13.8 Å². The lowest BCUT2D eigenvalue weighted by molar-refractivity contribution is -0.385. The van der Waals surface area contributed by atoms with E-state index in [2.05, 4.69) is 48.5 Å². The van der Waals surface area contributed by atoms with Crippen LogP contribution in [0.4, 0.5) is 5.69 Å². The van der Waals surface area contributed by atoms with Crippen molar-refractivity contribution in [2.24, 2.45) is 0 Å². The summed E-state index contributed by atoms with van der Waals surface area (Å²) in [5.41, 5.74) is 2.46. The highest BCUT2D eigenvalue weighted by Crippen LogP contribution is 2.27.